The second kappa shape index (κ2) is 7.11. The summed E-state index contributed by atoms with van der Waals surface area (Å²) in [7, 11) is 0. The summed E-state index contributed by atoms with van der Waals surface area (Å²) >= 11 is 5.97. The van der Waals surface area contributed by atoms with Crippen molar-refractivity contribution in [2.24, 2.45) is 11.5 Å². The van der Waals surface area contributed by atoms with Gasteiger partial charge in [-0.25, -0.2) is 0 Å². The quantitative estimate of drug-likeness (QED) is 0.638. The lowest BCUT2D eigenvalue weighted by molar-refractivity contribution is 0.475. The van der Waals surface area contributed by atoms with Gasteiger partial charge in [0.2, 0.25) is 0 Å². The molecule has 1 unspecified atom stereocenters. The van der Waals surface area contributed by atoms with Crippen LogP contribution >= 0.6 is 11.6 Å². The number of nitrogens with one attached hydrogen (secondary N) is 1. The van der Waals surface area contributed by atoms with Gasteiger partial charge in [0.15, 0.2) is 0 Å². The molecule has 5 heteroatoms. The Bertz CT molecular complexity index is 696. The second-order valence-electron chi connectivity index (χ2n) is 4.89. The average Bonchev–Trinajstić information content (AvgIpc) is 2.54. The van der Waals surface area contributed by atoms with E-state index in [-0.39, 0.29) is 11.7 Å². The molecule has 0 radical (unpaired) electrons. The van der Waals surface area contributed by atoms with E-state index in [4.69, 9.17) is 28.5 Å². The molecule has 22 heavy (non-hydrogen) atoms. The van der Waals surface area contributed by atoms with E-state index < -0.39 is 0 Å². The van der Waals surface area contributed by atoms with Gasteiger partial charge in [-0.2, -0.15) is 0 Å². The number of phenolic OH excluding ortho intramolecular Hbond substituents is 1. The van der Waals surface area contributed by atoms with Gasteiger partial charge in [-0.3, -0.25) is 0 Å². The van der Waals surface area contributed by atoms with Crippen LogP contribution in [0.15, 0.2) is 48.7 Å². The Labute approximate surface area is 134 Å². The van der Waals surface area contributed by atoms with Crippen LogP contribution in [0, 0.1) is 5.41 Å². The Morgan fingerprint density at radius 2 is 1.82 bits per heavy atom. The molecular formula is C17H18ClN3O. The van der Waals surface area contributed by atoms with Gasteiger partial charge in [-0.1, -0.05) is 41.9 Å². The fraction of sp³-hybridized carbons (Fsp3) is 0.118. The van der Waals surface area contributed by atoms with Crippen LogP contribution in [0.2, 0.25) is 5.02 Å². The van der Waals surface area contributed by atoms with Crippen molar-refractivity contribution in [2.75, 3.05) is 6.54 Å². The van der Waals surface area contributed by atoms with Crippen molar-refractivity contribution in [3.8, 4) is 5.75 Å². The van der Waals surface area contributed by atoms with Gasteiger partial charge < -0.3 is 22.0 Å². The number of aromatic hydroxyl groups is 1. The number of benzene rings is 2. The first kappa shape index (κ1) is 16.1. The monoisotopic (exact) mass is 315 g/mol. The minimum absolute atomic E-state index is 0.0163. The van der Waals surface area contributed by atoms with Gasteiger partial charge in [0.1, 0.15) is 5.75 Å². The lowest BCUT2D eigenvalue weighted by atomic mass is 9.90. The summed E-state index contributed by atoms with van der Waals surface area (Å²) in [5, 5.41) is 17.1. The predicted octanol–water partition coefficient (Wildman–Crippen LogP) is 3.09. The van der Waals surface area contributed by atoms with Gasteiger partial charge >= 0.3 is 0 Å². The molecule has 1 atom stereocenters. The molecule has 2 aromatic carbocycles. The SMILES string of the molecule is N=CC(=CN)c1ccc(C(CN)c2ccc(O)c(Cl)c2)cc1. The zero-order valence-corrected chi connectivity index (χ0v) is 12.7. The van der Waals surface area contributed by atoms with E-state index >= 15 is 0 Å². The third-order valence-corrected chi connectivity index (χ3v) is 3.89. The number of halogens is 1. The number of rotatable bonds is 5. The average molecular weight is 316 g/mol. The Kier molecular flexibility index (Phi) is 5.20. The molecule has 2 rings (SSSR count). The lowest BCUT2D eigenvalue weighted by Crippen LogP contribution is -2.13. The van der Waals surface area contributed by atoms with Crippen molar-refractivity contribution in [2.45, 2.75) is 5.92 Å². The Morgan fingerprint density at radius 1 is 1.18 bits per heavy atom. The highest BCUT2D eigenvalue weighted by Crippen LogP contribution is 2.31. The third kappa shape index (κ3) is 3.30. The van der Waals surface area contributed by atoms with Crippen molar-refractivity contribution in [3.05, 3.63) is 70.4 Å². The Morgan fingerprint density at radius 3 is 2.32 bits per heavy atom. The van der Waals surface area contributed by atoms with Crippen molar-refractivity contribution < 1.29 is 5.11 Å². The summed E-state index contributed by atoms with van der Waals surface area (Å²) in [5.74, 6) is 0.0395. The molecule has 0 heterocycles. The topological polar surface area (TPSA) is 96.1 Å². The van der Waals surface area contributed by atoms with Crippen LogP contribution in [0.3, 0.4) is 0 Å². The molecule has 0 aliphatic rings. The minimum atomic E-state index is -0.0163. The molecule has 0 spiro atoms. The zero-order chi connectivity index (χ0) is 16.1. The smallest absolute Gasteiger partial charge is 0.134 e. The number of phenols is 1. The van der Waals surface area contributed by atoms with Gasteiger partial charge in [0, 0.05) is 30.5 Å². The standard InChI is InChI=1S/C17H18ClN3O/c18-16-7-13(5-6-17(16)22)15(10-21)12-3-1-11(2-4-12)14(8-19)9-20/h1-9,15,19,22H,10,20-21H2. The van der Waals surface area contributed by atoms with E-state index in [1.807, 2.05) is 30.3 Å². The number of allylic oxidation sites excluding steroid dienone is 1. The van der Waals surface area contributed by atoms with E-state index in [2.05, 4.69) is 0 Å². The van der Waals surface area contributed by atoms with Gasteiger partial charge in [0.25, 0.3) is 0 Å². The summed E-state index contributed by atoms with van der Waals surface area (Å²) < 4.78 is 0. The van der Waals surface area contributed by atoms with Crippen LogP contribution < -0.4 is 11.5 Å². The summed E-state index contributed by atoms with van der Waals surface area (Å²) in [5.41, 5.74) is 14.9. The fourth-order valence-corrected chi connectivity index (χ4v) is 2.53. The molecule has 4 nitrogen and oxygen atoms in total. The van der Waals surface area contributed by atoms with Crippen LogP contribution in [0.5, 0.6) is 5.75 Å². The van der Waals surface area contributed by atoms with Gasteiger partial charge in [-0.15, -0.1) is 0 Å². The van der Waals surface area contributed by atoms with Crippen molar-refractivity contribution >= 4 is 23.4 Å². The van der Waals surface area contributed by atoms with Crippen LogP contribution in [0.25, 0.3) is 5.57 Å². The van der Waals surface area contributed by atoms with Crippen molar-refractivity contribution in [1.82, 2.24) is 0 Å². The molecular weight excluding hydrogens is 298 g/mol. The predicted molar refractivity (Wildman–Crippen MR) is 91.4 cm³/mol. The summed E-state index contributed by atoms with van der Waals surface area (Å²) in [6.07, 6.45) is 2.62. The zero-order valence-electron chi connectivity index (χ0n) is 12.0. The first-order valence-corrected chi connectivity index (χ1v) is 7.19. The Hall–Kier alpha value is -2.30. The number of hydrogen-bond acceptors (Lipinski definition) is 4. The largest absolute Gasteiger partial charge is 0.506 e. The van der Waals surface area contributed by atoms with Crippen LogP contribution in [0.4, 0.5) is 0 Å². The summed E-state index contributed by atoms with van der Waals surface area (Å²) in [4.78, 5) is 0. The molecule has 0 aliphatic carbocycles. The Balaban J connectivity index is 2.35. The van der Waals surface area contributed by atoms with Crippen molar-refractivity contribution in [3.63, 3.8) is 0 Å². The third-order valence-electron chi connectivity index (χ3n) is 3.59. The van der Waals surface area contributed by atoms with E-state index in [0.717, 1.165) is 16.7 Å². The number of nitrogens with two attached hydrogens (primary N) is 2. The highest BCUT2D eigenvalue weighted by Gasteiger charge is 2.14. The summed E-state index contributed by atoms with van der Waals surface area (Å²) in [6, 6.07) is 12.8. The minimum Gasteiger partial charge on any atom is -0.506 e. The maximum atomic E-state index is 9.52. The van der Waals surface area contributed by atoms with Gasteiger partial charge in [0.05, 0.1) is 5.02 Å². The van der Waals surface area contributed by atoms with Gasteiger partial charge in [-0.05, 0) is 28.8 Å². The van der Waals surface area contributed by atoms with Crippen LogP contribution in [-0.2, 0) is 0 Å². The lowest BCUT2D eigenvalue weighted by Gasteiger charge is -2.17. The molecule has 0 saturated carbocycles. The first-order valence-electron chi connectivity index (χ1n) is 6.82. The molecule has 0 amide bonds. The molecule has 114 valence electrons. The maximum Gasteiger partial charge on any atom is 0.134 e. The van der Waals surface area contributed by atoms with E-state index in [1.54, 1.807) is 12.1 Å². The number of hydrogen-bond donors (Lipinski definition) is 4. The highest BCUT2D eigenvalue weighted by molar-refractivity contribution is 6.32. The fourth-order valence-electron chi connectivity index (χ4n) is 2.34. The molecule has 0 aliphatic heterocycles. The molecule has 0 fully saturated rings. The normalized spacial score (nSPS) is 12.9. The van der Waals surface area contributed by atoms with E-state index in [9.17, 15) is 5.11 Å². The summed E-state index contributed by atoms with van der Waals surface area (Å²) in [6.45, 7) is 0.421. The molecule has 0 aromatic heterocycles. The molecule has 6 N–H and O–H groups in total. The molecule has 2 aromatic rings. The second-order valence-corrected chi connectivity index (χ2v) is 5.29. The van der Waals surface area contributed by atoms with Crippen LogP contribution in [0.1, 0.15) is 22.6 Å². The highest BCUT2D eigenvalue weighted by atomic mass is 35.5. The molecule has 0 bridgehead atoms. The maximum absolute atomic E-state index is 9.52. The first-order chi connectivity index (χ1) is 10.6. The van der Waals surface area contributed by atoms with Crippen molar-refractivity contribution in [1.29, 1.82) is 5.41 Å². The van der Waals surface area contributed by atoms with E-state index in [1.165, 1.54) is 12.4 Å². The van der Waals surface area contributed by atoms with E-state index in [0.29, 0.717) is 17.1 Å². The molecule has 0 saturated heterocycles. The van der Waals surface area contributed by atoms with Crippen LogP contribution in [-0.4, -0.2) is 17.9 Å².